The number of nitrogens with two attached hydrogens (primary N) is 1. The lowest BCUT2D eigenvalue weighted by Crippen LogP contribution is -2.26. The van der Waals surface area contributed by atoms with Crippen LogP contribution in [0.3, 0.4) is 0 Å². The van der Waals surface area contributed by atoms with E-state index in [2.05, 4.69) is 15.9 Å². The largest absolute Gasteiger partial charge is 0.468 e. The summed E-state index contributed by atoms with van der Waals surface area (Å²) >= 11 is 3.49. The average molecular weight is 244 g/mol. The van der Waals surface area contributed by atoms with Crippen LogP contribution >= 0.6 is 15.9 Å². The lowest BCUT2D eigenvalue weighted by molar-refractivity contribution is 0.343. The lowest BCUT2D eigenvalue weighted by Gasteiger charge is -2.25. The van der Waals surface area contributed by atoms with E-state index >= 15 is 0 Å². The van der Waals surface area contributed by atoms with Gasteiger partial charge in [-0.2, -0.15) is 0 Å². The van der Waals surface area contributed by atoms with Crippen LogP contribution in [0.2, 0.25) is 0 Å². The molecule has 1 heterocycles. The number of hydrogen-bond donors (Lipinski definition) is 1. The van der Waals surface area contributed by atoms with Crippen molar-refractivity contribution in [1.29, 1.82) is 0 Å². The standard InChI is InChI=1S/C10H14BrNO/c11-9-4-5-13-10(9)7-2-1-3-8(12)6-7/h4-5,7-8H,1-3,6,12H2. The first-order chi connectivity index (χ1) is 6.27. The van der Waals surface area contributed by atoms with Crippen molar-refractivity contribution in [3.05, 3.63) is 22.6 Å². The Morgan fingerprint density at radius 3 is 2.92 bits per heavy atom. The second-order valence-electron chi connectivity index (χ2n) is 3.76. The van der Waals surface area contributed by atoms with Gasteiger partial charge in [-0.3, -0.25) is 0 Å². The molecule has 2 atom stereocenters. The van der Waals surface area contributed by atoms with Gasteiger partial charge >= 0.3 is 0 Å². The molecule has 1 aliphatic rings. The van der Waals surface area contributed by atoms with Gasteiger partial charge in [0.2, 0.25) is 0 Å². The van der Waals surface area contributed by atoms with Crippen LogP contribution < -0.4 is 5.73 Å². The fraction of sp³-hybridized carbons (Fsp3) is 0.600. The molecule has 0 amide bonds. The van der Waals surface area contributed by atoms with Gasteiger partial charge in [0.25, 0.3) is 0 Å². The molecule has 0 saturated heterocycles. The van der Waals surface area contributed by atoms with E-state index < -0.39 is 0 Å². The minimum atomic E-state index is 0.357. The van der Waals surface area contributed by atoms with Gasteiger partial charge in [0, 0.05) is 12.0 Å². The second kappa shape index (κ2) is 3.84. The first kappa shape index (κ1) is 9.28. The molecule has 2 N–H and O–H groups in total. The Hall–Kier alpha value is -0.280. The molecule has 0 aliphatic heterocycles. The molecule has 1 aromatic heterocycles. The van der Waals surface area contributed by atoms with Crippen LogP contribution in [0.1, 0.15) is 37.4 Å². The van der Waals surface area contributed by atoms with Gasteiger partial charge in [0.05, 0.1) is 10.7 Å². The highest BCUT2D eigenvalue weighted by Gasteiger charge is 2.24. The molecule has 2 nitrogen and oxygen atoms in total. The normalized spacial score (nSPS) is 29.1. The first-order valence-electron chi connectivity index (χ1n) is 4.76. The van der Waals surface area contributed by atoms with E-state index in [9.17, 15) is 0 Å². The van der Waals surface area contributed by atoms with E-state index in [0.29, 0.717) is 12.0 Å². The average Bonchev–Trinajstić information content (AvgIpc) is 2.51. The molecule has 1 fully saturated rings. The summed E-state index contributed by atoms with van der Waals surface area (Å²) in [5.41, 5.74) is 5.92. The molecular weight excluding hydrogens is 230 g/mol. The number of furan rings is 1. The van der Waals surface area contributed by atoms with Crippen LogP contribution in [-0.4, -0.2) is 6.04 Å². The van der Waals surface area contributed by atoms with E-state index in [1.165, 1.54) is 12.8 Å². The highest BCUT2D eigenvalue weighted by molar-refractivity contribution is 9.10. The summed E-state index contributed by atoms with van der Waals surface area (Å²) in [7, 11) is 0. The molecule has 13 heavy (non-hydrogen) atoms. The Kier molecular flexibility index (Phi) is 2.74. The molecule has 1 saturated carbocycles. The predicted molar refractivity (Wildman–Crippen MR) is 55.6 cm³/mol. The fourth-order valence-corrected chi connectivity index (χ4v) is 2.59. The number of hydrogen-bond acceptors (Lipinski definition) is 2. The van der Waals surface area contributed by atoms with Crippen molar-refractivity contribution in [2.45, 2.75) is 37.6 Å². The molecule has 0 spiro atoms. The van der Waals surface area contributed by atoms with Crippen LogP contribution in [0, 0.1) is 0 Å². The van der Waals surface area contributed by atoms with Crippen molar-refractivity contribution in [2.75, 3.05) is 0 Å². The minimum Gasteiger partial charge on any atom is -0.468 e. The molecule has 1 aromatic rings. The molecule has 1 aliphatic carbocycles. The summed E-state index contributed by atoms with van der Waals surface area (Å²) in [6.45, 7) is 0. The maximum absolute atomic E-state index is 5.92. The van der Waals surface area contributed by atoms with Crippen LogP contribution in [-0.2, 0) is 0 Å². The highest BCUT2D eigenvalue weighted by atomic mass is 79.9. The van der Waals surface area contributed by atoms with Gasteiger partial charge in [-0.1, -0.05) is 6.42 Å². The smallest absolute Gasteiger partial charge is 0.121 e. The van der Waals surface area contributed by atoms with E-state index in [1.54, 1.807) is 6.26 Å². The van der Waals surface area contributed by atoms with Gasteiger partial charge < -0.3 is 10.2 Å². The third-order valence-electron chi connectivity index (χ3n) is 2.73. The summed E-state index contributed by atoms with van der Waals surface area (Å²) in [4.78, 5) is 0. The maximum Gasteiger partial charge on any atom is 0.121 e. The van der Waals surface area contributed by atoms with E-state index in [-0.39, 0.29) is 0 Å². The Bertz CT molecular complexity index is 284. The second-order valence-corrected chi connectivity index (χ2v) is 4.61. The monoisotopic (exact) mass is 243 g/mol. The maximum atomic E-state index is 5.92. The Balaban J connectivity index is 2.12. The Labute approximate surface area is 86.6 Å². The van der Waals surface area contributed by atoms with Crippen molar-refractivity contribution in [3.8, 4) is 0 Å². The minimum absolute atomic E-state index is 0.357. The molecule has 3 heteroatoms. The zero-order valence-corrected chi connectivity index (χ0v) is 9.09. The molecule has 0 radical (unpaired) electrons. The number of halogens is 1. The summed E-state index contributed by atoms with van der Waals surface area (Å²) < 4.78 is 6.54. The van der Waals surface area contributed by atoms with Gasteiger partial charge in [0.15, 0.2) is 0 Å². The van der Waals surface area contributed by atoms with E-state index in [0.717, 1.165) is 23.1 Å². The molecule has 0 aromatic carbocycles. The predicted octanol–water partition coefficient (Wildman–Crippen LogP) is 3.03. The highest BCUT2D eigenvalue weighted by Crippen LogP contribution is 2.36. The Morgan fingerprint density at radius 2 is 2.31 bits per heavy atom. The van der Waals surface area contributed by atoms with E-state index in [4.69, 9.17) is 10.2 Å². The third kappa shape index (κ3) is 1.97. The third-order valence-corrected chi connectivity index (χ3v) is 3.39. The van der Waals surface area contributed by atoms with Crippen molar-refractivity contribution < 1.29 is 4.42 Å². The zero-order chi connectivity index (χ0) is 9.26. The van der Waals surface area contributed by atoms with Crippen molar-refractivity contribution in [2.24, 2.45) is 5.73 Å². The van der Waals surface area contributed by atoms with Crippen LogP contribution in [0.15, 0.2) is 21.2 Å². The summed E-state index contributed by atoms with van der Waals surface area (Å²) in [5.74, 6) is 1.60. The van der Waals surface area contributed by atoms with Gasteiger partial charge in [0.1, 0.15) is 5.76 Å². The van der Waals surface area contributed by atoms with Crippen LogP contribution in [0.4, 0.5) is 0 Å². The van der Waals surface area contributed by atoms with E-state index in [1.807, 2.05) is 6.07 Å². The molecular formula is C10H14BrNO. The van der Waals surface area contributed by atoms with Gasteiger partial charge in [-0.05, 0) is 41.3 Å². The lowest BCUT2D eigenvalue weighted by atomic mass is 9.85. The Morgan fingerprint density at radius 1 is 1.46 bits per heavy atom. The van der Waals surface area contributed by atoms with Crippen molar-refractivity contribution >= 4 is 15.9 Å². The number of rotatable bonds is 1. The first-order valence-corrected chi connectivity index (χ1v) is 5.55. The molecule has 0 bridgehead atoms. The zero-order valence-electron chi connectivity index (χ0n) is 7.50. The van der Waals surface area contributed by atoms with Crippen LogP contribution in [0.25, 0.3) is 0 Å². The van der Waals surface area contributed by atoms with Gasteiger partial charge in [-0.25, -0.2) is 0 Å². The van der Waals surface area contributed by atoms with Crippen molar-refractivity contribution in [1.82, 2.24) is 0 Å². The summed E-state index contributed by atoms with van der Waals surface area (Å²) in [5, 5.41) is 0. The molecule has 2 unspecified atom stereocenters. The molecule has 72 valence electrons. The topological polar surface area (TPSA) is 39.2 Å². The summed E-state index contributed by atoms with van der Waals surface area (Å²) in [6.07, 6.45) is 6.39. The fourth-order valence-electron chi connectivity index (χ4n) is 2.06. The van der Waals surface area contributed by atoms with Crippen LogP contribution in [0.5, 0.6) is 0 Å². The molecule has 2 rings (SSSR count). The summed E-state index contributed by atoms with van der Waals surface area (Å²) in [6, 6.07) is 2.31. The van der Waals surface area contributed by atoms with Crippen molar-refractivity contribution in [3.63, 3.8) is 0 Å². The van der Waals surface area contributed by atoms with Gasteiger partial charge in [-0.15, -0.1) is 0 Å². The SMILES string of the molecule is NC1CCCC(c2occc2Br)C1. The quantitative estimate of drug-likeness (QED) is 0.824.